The van der Waals surface area contributed by atoms with Crippen LogP contribution in [0, 0.1) is 4.77 Å². The highest BCUT2D eigenvalue weighted by molar-refractivity contribution is 7.71. The average molecular weight is 155 g/mol. The van der Waals surface area contributed by atoms with Gasteiger partial charge in [-0.3, -0.25) is 0 Å². The van der Waals surface area contributed by atoms with Gasteiger partial charge in [0.15, 0.2) is 0 Å². The van der Waals surface area contributed by atoms with Crippen LogP contribution in [0.15, 0.2) is 18.5 Å². The lowest BCUT2D eigenvalue weighted by atomic mass is 10.7. The first-order valence-electron chi connectivity index (χ1n) is 2.43. The van der Waals surface area contributed by atoms with Crippen LogP contribution < -0.4 is 4.84 Å². The maximum atomic E-state index is 9.68. The summed E-state index contributed by atoms with van der Waals surface area (Å²) in [4.78, 5) is 17.6. The fourth-order valence-corrected chi connectivity index (χ4v) is 0.613. The molecule has 0 amide bonds. The lowest BCUT2D eigenvalue weighted by Gasteiger charge is -1.96. The highest BCUT2D eigenvalue weighted by atomic mass is 32.1. The molecule has 0 N–H and O–H groups in total. The fraction of sp³-hybridized carbons (Fsp3) is 0. The summed E-state index contributed by atoms with van der Waals surface area (Å²) in [6.45, 7) is 1.23. The van der Waals surface area contributed by atoms with Gasteiger partial charge in [-0.15, -0.1) is 0 Å². The van der Waals surface area contributed by atoms with E-state index in [2.05, 4.69) is 22.0 Å². The lowest BCUT2D eigenvalue weighted by molar-refractivity contribution is 0.232. The molecule has 0 aromatic carbocycles. The van der Waals surface area contributed by atoms with Crippen molar-refractivity contribution < 1.29 is 9.63 Å². The summed E-state index contributed by atoms with van der Waals surface area (Å²) in [5.41, 5.74) is 0. The number of hydrogen-bond acceptors (Lipinski definition) is 4. The predicted molar refractivity (Wildman–Crippen MR) is 35.3 cm³/mol. The first-order chi connectivity index (χ1) is 4.84. The van der Waals surface area contributed by atoms with Crippen LogP contribution in [0.4, 0.5) is 0 Å². The quantitative estimate of drug-likeness (QED) is 0.568. The maximum absolute atomic E-state index is 9.68. The number of aromatic nitrogens is 2. The standard InChI is InChI=1S/C5H3N2O2S/c8-4-9-7-3-1-2-6-5(7)10/h1-3H. The molecule has 5 heteroatoms. The van der Waals surface area contributed by atoms with E-state index in [0.717, 1.165) is 4.73 Å². The smallest absolute Gasteiger partial charge is 0.323 e. The molecule has 1 rings (SSSR count). The van der Waals surface area contributed by atoms with E-state index < -0.39 is 0 Å². The molecule has 1 aromatic rings. The zero-order chi connectivity index (χ0) is 7.40. The van der Waals surface area contributed by atoms with Gasteiger partial charge in [0.1, 0.15) is 0 Å². The van der Waals surface area contributed by atoms with Crippen LogP contribution in [0.25, 0.3) is 0 Å². The van der Waals surface area contributed by atoms with Gasteiger partial charge in [0.05, 0.1) is 0 Å². The second-order valence-electron chi connectivity index (χ2n) is 1.40. The van der Waals surface area contributed by atoms with Gasteiger partial charge in [0, 0.05) is 12.4 Å². The fourth-order valence-electron chi connectivity index (χ4n) is 0.454. The molecular formula is C5H3N2O2S. The summed E-state index contributed by atoms with van der Waals surface area (Å²) in [5.74, 6) is 0. The van der Waals surface area contributed by atoms with Crippen molar-refractivity contribution in [3.8, 4) is 0 Å². The first-order valence-corrected chi connectivity index (χ1v) is 2.83. The van der Waals surface area contributed by atoms with Gasteiger partial charge < -0.3 is 4.84 Å². The van der Waals surface area contributed by atoms with Crippen LogP contribution >= 0.6 is 12.2 Å². The number of carbonyl (C=O) groups excluding carboxylic acids is 1. The summed E-state index contributed by atoms with van der Waals surface area (Å²) in [5, 5.41) is 0. The highest BCUT2D eigenvalue weighted by Gasteiger charge is 1.88. The minimum absolute atomic E-state index is 0.186. The van der Waals surface area contributed by atoms with Crippen molar-refractivity contribution in [1.82, 2.24) is 9.71 Å². The monoisotopic (exact) mass is 155 g/mol. The number of hydrogen-bond donors (Lipinski definition) is 0. The van der Waals surface area contributed by atoms with Crippen molar-refractivity contribution in [2.24, 2.45) is 0 Å². The van der Waals surface area contributed by atoms with Crippen molar-refractivity contribution in [2.75, 3.05) is 0 Å². The molecule has 1 aromatic heterocycles. The molecule has 0 aliphatic carbocycles. The van der Waals surface area contributed by atoms with Crippen molar-refractivity contribution in [1.29, 1.82) is 0 Å². The molecule has 0 unspecified atom stereocenters. The van der Waals surface area contributed by atoms with Gasteiger partial charge >= 0.3 is 6.47 Å². The minimum Gasteiger partial charge on any atom is -0.323 e. The van der Waals surface area contributed by atoms with Gasteiger partial charge in [-0.25, -0.2) is 9.78 Å². The van der Waals surface area contributed by atoms with Gasteiger partial charge in [0.2, 0.25) is 4.77 Å². The molecule has 0 atom stereocenters. The highest BCUT2D eigenvalue weighted by Crippen LogP contribution is 1.83. The Morgan fingerprint density at radius 1 is 1.80 bits per heavy atom. The third-order valence-electron chi connectivity index (χ3n) is 0.817. The zero-order valence-electron chi connectivity index (χ0n) is 4.85. The molecule has 0 fully saturated rings. The Morgan fingerprint density at radius 2 is 2.60 bits per heavy atom. The maximum Gasteiger partial charge on any atom is 0.444 e. The lowest BCUT2D eigenvalue weighted by Crippen LogP contribution is -2.10. The van der Waals surface area contributed by atoms with Crippen molar-refractivity contribution in [2.45, 2.75) is 0 Å². The number of rotatable bonds is 2. The van der Waals surface area contributed by atoms with Gasteiger partial charge in [-0.05, 0) is 18.3 Å². The Morgan fingerprint density at radius 3 is 3.20 bits per heavy atom. The third kappa shape index (κ3) is 1.38. The van der Waals surface area contributed by atoms with E-state index in [-0.39, 0.29) is 4.77 Å². The van der Waals surface area contributed by atoms with E-state index in [4.69, 9.17) is 0 Å². The Hall–Kier alpha value is -1.23. The van der Waals surface area contributed by atoms with E-state index in [1.165, 1.54) is 18.9 Å². The molecule has 10 heavy (non-hydrogen) atoms. The summed E-state index contributed by atoms with van der Waals surface area (Å²) in [6.07, 6.45) is 2.98. The van der Waals surface area contributed by atoms with E-state index in [9.17, 15) is 4.79 Å². The summed E-state index contributed by atoms with van der Waals surface area (Å²) < 4.78 is 1.23. The van der Waals surface area contributed by atoms with Crippen LogP contribution in [0.1, 0.15) is 0 Å². The Kier molecular flexibility index (Phi) is 2.11. The Bertz CT molecular complexity index is 283. The summed E-state index contributed by atoms with van der Waals surface area (Å²) in [6, 6.07) is 1.59. The summed E-state index contributed by atoms with van der Waals surface area (Å²) >= 11 is 4.67. The van der Waals surface area contributed by atoms with Gasteiger partial charge in [-0.2, -0.15) is 4.73 Å². The molecule has 0 saturated carbocycles. The summed E-state index contributed by atoms with van der Waals surface area (Å²) in [7, 11) is 0. The topological polar surface area (TPSA) is 44.1 Å². The Balaban J connectivity index is 3.03. The van der Waals surface area contributed by atoms with Crippen molar-refractivity contribution >= 4 is 18.7 Å². The normalized spacial score (nSPS) is 8.80. The first kappa shape index (κ1) is 6.88. The van der Waals surface area contributed by atoms with Crippen LogP contribution in [0.2, 0.25) is 0 Å². The van der Waals surface area contributed by atoms with E-state index >= 15 is 0 Å². The molecule has 1 heterocycles. The second-order valence-corrected chi connectivity index (χ2v) is 1.77. The van der Waals surface area contributed by atoms with E-state index in [1.54, 1.807) is 6.07 Å². The molecule has 51 valence electrons. The van der Waals surface area contributed by atoms with Crippen LogP contribution in [-0.4, -0.2) is 16.2 Å². The van der Waals surface area contributed by atoms with E-state index in [0.29, 0.717) is 0 Å². The molecule has 4 nitrogen and oxygen atoms in total. The van der Waals surface area contributed by atoms with Gasteiger partial charge in [0.25, 0.3) is 0 Å². The van der Waals surface area contributed by atoms with Crippen LogP contribution in [0.5, 0.6) is 0 Å². The molecule has 1 radical (unpaired) electrons. The van der Waals surface area contributed by atoms with Gasteiger partial charge in [-0.1, -0.05) is 0 Å². The van der Waals surface area contributed by atoms with Crippen LogP contribution in [-0.2, 0) is 4.79 Å². The predicted octanol–water partition coefficient (Wildman–Crippen LogP) is 0.108. The van der Waals surface area contributed by atoms with Crippen molar-refractivity contribution in [3.63, 3.8) is 0 Å². The molecular weight excluding hydrogens is 152 g/mol. The molecule has 0 bridgehead atoms. The van der Waals surface area contributed by atoms with Crippen LogP contribution in [0.3, 0.4) is 0 Å². The molecule has 0 aliphatic rings. The largest absolute Gasteiger partial charge is 0.444 e. The molecule has 0 saturated heterocycles. The van der Waals surface area contributed by atoms with E-state index in [1.807, 2.05) is 0 Å². The number of nitrogens with zero attached hydrogens (tertiary/aromatic N) is 2. The zero-order valence-corrected chi connectivity index (χ0v) is 5.67. The Labute approximate surface area is 62.0 Å². The SMILES string of the molecule is O=[C]On1cccnc1=S. The average Bonchev–Trinajstić information content (AvgIpc) is 1.94. The third-order valence-corrected chi connectivity index (χ3v) is 1.10. The second kappa shape index (κ2) is 3.07. The molecule has 0 aliphatic heterocycles. The van der Waals surface area contributed by atoms with Crippen molar-refractivity contribution in [3.05, 3.63) is 23.2 Å². The minimum atomic E-state index is 0.186. The molecule has 0 spiro atoms.